The first-order valence-electron chi connectivity index (χ1n) is 6.91. The van der Waals surface area contributed by atoms with Crippen molar-refractivity contribution in [3.05, 3.63) is 35.1 Å². The molecule has 0 bridgehead atoms. The minimum atomic E-state index is -1.68. The lowest BCUT2D eigenvalue weighted by Crippen LogP contribution is -2.39. The summed E-state index contributed by atoms with van der Waals surface area (Å²) >= 11 is 0. The van der Waals surface area contributed by atoms with Crippen LogP contribution in [0.3, 0.4) is 0 Å². The average molecular weight is 316 g/mol. The molecule has 0 radical (unpaired) electrons. The molecule has 0 spiro atoms. The summed E-state index contributed by atoms with van der Waals surface area (Å²) in [7, 11) is 0. The Kier molecular flexibility index (Phi) is 6.39. The fourth-order valence-electron chi connectivity index (χ4n) is 1.92. The van der Waals surface area contributed by atoms with Crippen LogP contribution >= 0.6 is 0 Å². The van der Waals surface area contributed by atoms with Gasteiger partial charge < -0.3 is 10.2 Å². The molecule has 1 rings (SSSR count). The third-order valence-electron chi connectivity index (χ3n) is 2.98. The highest BCUT2D eigenvalue weighted by Gasteiger charge is 2.19. The van der Waals surface area contributed by atoms with Crippen LogP contribution in [-0.4, -0.2) is 36.3 Å². The number of benzene rings is 1. The van der Waals surface area contributed by atoms with E-state index in [1.54, 1.807) is 4.90 Å². The molecule has 0 saturated carbocycles. The molecule has 0 aliphatic carbocycles. The van der Waals surface area contributed by atoms with Crippen molar-refractivity contribution < 1.29 is 22.8 Å². The number of nitrogens with one attached hydrogen (secondary N) is 1. The maximum atomic E-state index is 13.5. The molecule has 0 fully saturated rings. The van der Waals surface area contributed by atoms with E-state index in [0.717, 1.165) is 6.07 Å². The normalized spacial score (nSPS) is 10.7. The summed E-state index contributed by atoms with van der Waals surface area (Å²) in [6.07, 6.45) is 0. The number of carbonyl (C=O) groups excluding carboxylic acids is 2. The minimum Gasteiger partial charge on any atom is -0.350 e. The van der Waals surface area contributed by atoms with Crippen LogP contribution in [0, 0.1) is 23.4 Å². The predicted octanol–water partition coefficient (Wildman–Crippen LogP) is 2.34. The number of amides is 2. The molecule has 1 N–H and O–H groups in total. The van der Waals surface area contributed by atoms with E-state index in [4.69, 9.17) is 0 Å². The molecule has 0 aromatic heterocycles. The molecule has 0 aliphatic rings. The SMILES string of the molecule is CC(=O)N(CCNC(=O)c1ccc(F)c(F)c1F)CC(C)C. The van der Waals surface area contributed by atoms with Crippen LogP contribution in [0.1, 0.15) is 31.1 Å². The van der Waals surface area contributed by atoms with Crippen LogP contribution in [0.4, 0.5) is 13.2 Å². The monoisotopic (exact) mass is 316 g/mol. The van der Waals surface area contributed by atoms with Gasteiger partial charge in [-0.3, -0.25) is 9.59 Å². The lowest BCUT2D eigenvalue weighted by atomic mass is 10.2. The highest BCUT2D eigenvalue weighted by atomic mass is 19.2. The number of rotatable bonds is 6. The van der Waals surface area contributed by atoms with Crippen LogP contribution in [0.5, 0.6) is 0 Å². The zero-order valence-electron chi connectivity index (χ0n) is 12.8. The molecule has 0 aliphatic heterocycles. The first-order chi connectivity index (χ1) is 10.2. The number of carbonyl (C=O) groups is 2. The van der Waals surface area contributed by atoms with E-state index in [9.17, 15) is 22.8 Å². The van der Waals surface area contributed by atoms with E-state index in [-0.39, 0.29) is 24.9 Å². The smallest absolute Gasteiger partial charge is 0.254 e. The fraction of sp³-hybridized carbons (Fsp3) is 0.467. The third-order valence-corrected chi connectivity index (χ3v) is 2.98. The molecule has 0 saturated heterocycles. The Hall–Kier alpha value is -2.05. The minimum absolute atomic E-state index is 0.0869. The van der Waals surface area contributed by atoms with Gasteiger partial charge in [0.1, 0.15) is 0 Å². The summed E-state index contributed by atoms with van der Waals surface area (Å²) in [6.45, 7) is 6.19. The van der Waals surface area contributed by atoms with Crippen molar-refractivity contribution in [2.75, 3.05) is 19.6 Å². The van der Waals surface area contributed by atoms with Crippen molar-refractivity contribution in [3.8, 4) is 0 Å². The van der Waals surface area contributed by atoms with Gasteiger partial charge in [0.25, 0.3) is 5.91 Å². The Balaban J connectivity index is 2.63. The molecular formula is C15H19F3N2O2. The summed E-state index contributed by atoms with van der Waals surface area (Å²) in [4.78, 5) is 24.7. The van der Waals surface area contributed by atoms with Gasteiger partial charge >= 0.3 is 0 Å². The van der Waals surface area contributed by atoms with Gasteiger partial charge in [-0.2, -0.15) is 0 Å². The maximum absolute atomic E-state index is 13.5. The van der Waals surface area contributed by atoms with Crippen molar-refractivity contribution >= 4 is 11.8 Å². The summed E-state index contributed by atoms with van der Waals surface area (Å²) < 4.78 is 39.3. The van der Waals surface area contributed by atoms with Gasteiger partial charge in [0.15, 0.2) is 17.5 Å². The molecule has 122 valence electrons. The third kappa shape index (κ3) is 4.75. The molecular weight excluding hydrogens is 297 g/mol. The van der Waals surface area contributed by atoms with Gasteiger partial charge in [-0.1, -0.05) is 13.8 Å². The number of hydrogen-bond donors (Lipinski definition) is 1. The van der Waals surface area contributed by atoms with Crippen LogP contribution < -0.4 is 5.32 Å². The van der Waals surface area contributed by atoms with Crippen LogP contribution in [0.2, 0.25) is 0 Å². The molecule has 2 amide bonds. The molecule has 0 unspecified atom stereocenters. The van der Waals surface area contributed by atoms with Crippen LogP contribution in [0.25, 0.3) is 0 Å². The Morgan fingerprint density at radius 3 is 2.36 bits per heavy atom. The van der Waals surface area contributed by atoms with E-state index in [0.29, 0.717) is 12.6 Å². The standard InChI is InChI=1S/C15H19F3N2O2/c1-9(2)8-20(10(3)21)7-6-19-15(22)11-4-5-12(16)14(18)13(11)17/h4-5,9H,6-8H2,1-3H3,(H,19,22). The molecule has 1 aromatic rings. The lowest BCUT2D eigenvalue weighted by molar-refractivity contribution is -0.129. The highest BCUT2D eigenvalue weighted by molar-refractivity contribution is 5.94. The lowest BCUT2D eigenvalue weighted by Gasteiger charge is -2.23. The van der Waals surface area contributed by atoms with E-state index >= 15 is 0 Å². The zero-order chi connectivity index (χ0) is 16.9. The van der Waals surface area contributed by atoms with E-state index in [2.05, 4.69) is 5.32 Å². The second-order valence-corrected chi connectivity index (χ2v) is 5.34. The van der Waals surface area contributed by atoms with Gasteiger partial charge in [-0.05, 0) is 18.1 Å². The second-order valence-electron chi connectivity index (χ2n) is 5.34. The number of halogens is 3. The average Bonchev–Trinajstić information content (AvgIpc) is 2.43. The Bertz CT molecular complexity index is 562. The van der Waals surface area contributed by atoms with Crippen molar-refractivity contribution in [2.24, 2.45) is 5.92 Å². The molecule has 1 aromatic carbocycles. The molecule has 0 heterocycles. The quantitative estimate of drug-likeness (QED) is 0.819. The van der Waals surface area contributed by atoms with Crippen LogP contribution in [-0.2, 0) is 4.79 Å². The molecule has 4 nitrogen and oxygen atoms in total. The van der Waals surface area contributed by atoms with Gasteiger partial charge in [-0.25, -0.2) is 13.2 Å². The number of hydrogen-bond acceptors (Lipinski definition) is 2. The Labute approximate surface area is 127 Å². The summed E-state index contributed by atoms with van der Waals surface area (Å²) in [5.74, 6) is -5.29. The second kappa shape index (κ2) is 7.82. The highest BCUT2D eigenvalue weighted by Crippen LogP contribution is 2.14. The summed E-state index contributed by atoms with van der Waals surface area (Å²) in [6, 6.07) is 1.56. The first-order valence-corrected chi connectivity index (χ1v) is 6.91. The molecule has 7 heteroatoms. The van der Waals surface area contributed by atoms with E-state index in [1.807, 2.05) is 13.8 Å². The fourth-order valence-corrected chi connectivity index (χ4v) is 1.92. The Morgan fingerprint density at radius 1 is 1.18 bits per heavy atom. The van der Waals surface area contributed by atoms with Crippen molar-refractivity contribution in [3.63, 3.8) is 0 Å². The van der Waals surface area contributed by atoms with Gasteiger partial charge in [0.2, 0.25) is 5.91 Å². The van der Waals surface area contributed by atoms with Gasteiger partial charge in [-0.15, -0.1) is 0 Å². The Morgan fingerprint density at radius 2 is 1.82 bits per heavy atom. The van der Waals surface area contributed by atoms with Gasteiger partial charge in [0.05, 0.1) is 5.56 Å². The number of nitrogens with zero attached hydrogens (tertiary/aromatic N) is 1. The molecule has 22 heavy (non-hydrogen) atoms. The van der Waals surface area contributed by atoms with E-state index in [1.165, 1.54) is 6.92 Å². The zero-order valence-corrected chi connectivity index (χ0v) is 12.8. The van der Waals surface area contributed by atoms with Crippen molar-refractivity contribution in [1.82, 2.24) is 10.2 Å². The van der Waals surface area contributed by atoms with Crippen LogP contribution in [0.15, 0.2) is 12.1 Å². The first kappa shape index (κ1) is 18.0. The summed E-state index contributed by atoms with van der Waals surface area (Å²) in [5.41, 5.74) is -0.572. The largest absolute Gasteiger partial charge is 0.350 e. The maximum Gasteiger partial charge on any atom is 0.254 e. The van der Waals surface area contributed by atoms with Crippen molar-refractivity contribution in [1.29, 1.82) is 0 Å². The van der Waals surface area contributed by atoms with Crippen molar-refractivity contribution in [2.45, 2.75) is 20.8 Å². The summed E-state index contributed by atoms with van der Waals surface area (Å²) in [5, 5.41) is 2.38. The predicted molar refractivity (Wildman–Crippen MR) is 75.7 cm³/mol. The van der Waals surface area contributed by atoms with E-state index < -0.39 is 28.9 Å². The topological polar surface area (TPSA) is 49.4 Å². The van der Waals surface area contributed by atoms with Gasteiger partial charge in [0, 0.05) is 26.6 Å². The molecule has 0 atom stereocenters.